The highest BCUT2D eigenvalue weighted by Crippen LogP contribution is 2.26. The fourth-order valence-electron chi connectivity index (χ4n) is 2.89. The lowest BCUT2D eigenvalue weighted by Crippen LogP contribution is -2.35. The maximum absolute atomic E-state index is 4.59. The Kier molecular flexibility index (Phi) is 3.78. The molecule has 0 amide bonds. The fourth-order valence-corrected chi connectivity index (χ4v) is 2.89. The van der Waals surface area contributed by atoms with Gasteiger partial charge in [-0.3, -0.25) is 4.90 Å². The number of aromatic nitrogens is 4. The van der Waals surface area contributed by atoms with Crippen molar-refractivity contribution in [1.29, 1.82) is 0 Å². The van der Waals surface area contributed by atoms with E-state index in [0.717, 1.165) is 31.3 Å². The molecule has 1 saturated heterocycles. The second-order valence-electron chi connectivity index (χ2n) is 5.56. The Morgan fingerprint density at radius 2 is 2.20 bits per heavy atom. The molecule has 0 spiro atoms. The summed E-state index contributed by atoms with van der Waals surface area (Å²) in [6.45, 7) is 5.08. The quantitative estimate of drug-likeness (QED) is 0.855. The number of likely N-dealkylation sites (tertiary alicyclic amines) is 1. The van der Waals surface area contributed by atoms with Crippen LogP contribution in [0.15, 0.2) is 24.7 Å². The van der Waals surface area contributed by atoms with Gasteiger partial charge in [-0.1, -0.05) is 0 Å². The molecule has 20 heavy (non-hydrogen) atoms. The number of aryl methyl sites for hydroxylation is 2. The van der Waals surface area contributed by atoms with Crippen LogP contribution in [0.1, 0.15) is 36.1 Å². The highest BCUT2D eigenvalue weighted by Gasteiger charge is 2.23. The van der Waals surface area contributed by atoms with Crippen LogP contribution < -0.4 is 0 Å². The van der Waals surface area contributed by atoms with E-state index in [1.807, 2.05) is 25.5 Å². The van der Waals surface area contributed by atoms with E-state index >= 15 is 0 Å². The van der Waals surface area contributed by atoms with Crippen LogP contribution >= 0.6 is 0 Å². The molecule has 1 unspecified atom stereocenters. The third kappa shape index (κ3) is 2.88. The summed E-state index contributed by atoms with van der Waals surface area (Å²) >= 11 is 0. The van der Waals surface area contributed by atoms with Gasteiger partial charge in [-0.15, -0.1) is 0 Å². The standard InChI is InChI=1S/C15H21N5/c1-12-16-6-5-14(18-12)13-4-3-8-20(10-13)11-15-17-7-9-19(15)2/h5-7,9,13H,3-4,8,10-11H2,1-2H3. The smallest absolute Gasteiger partial charge is 0.125 e. The molecular weight excluding hydrogens is 250 g/mol. The van der Waals surface area contributed by atoms with Gasteiger partial charge in [0.05, 0.1) is 6.54 Å². The predicted octanol–water partition coefficient (Wildman–Crippen LogP) is 1.90. The molecule has 5 nitrogen and oxygen atoms in total. The Morgan fingerprint density at radius 3 is 2.95 bits per heavy atom. The Bertz CT molecular complexity index is 577. The van der Waals surface area contributed by atoms with Crippen LogP contribution in [-0.2, 0) is 13.6 Å². The summed E-state index contributed by atoms with van der Waals surface area (Å²) in [6.07, 6.45) is 8.18. The molecular formula is C15H21N5. The summed E-state index contributed by atoms with van der Waals surface area (Å²) in [4.78, 5) is 15.7. The van der Waals surface area contributed by atoms with E-state index in [1.165, 1.54) is 18.5 Å². The molecule has 2 aromatic heterocycles. The number of piperidine rings is 1. The fraction of sp³-hybridized carbons (Fsp3) is 0.533. The molecule has 0 N–H and O–H groups in total. The lowest BCUT2D eigenvalue weighted by atomic mass is 9.94. The zero-order valence-corrected chi connectivity index (χ0v) is 12.2. The third-order valence-electron chi connectivity index (χ3n) is 4.01. The van der Waals surface area contributed by atoms with Gasteiger partial charge in [0.25, 0.3) is 0 Å². The number of imidazole rings is 1. The van der Waals surface area contributed by atoms with Crippen LogP contribution in [0.25, 0.3) is 0 Å². The molecule has 3 heterocycles. The molecule has 1 atom stereocenters. The Hall–Kier alpha value is -1.75. The van der Waals surface area contributed by atoms with Gasteiger partial charge in [-0.2, -0.15) is 0 Å². The SMILES string of the molecule is Cc1nccc(C2CCCN(Cc3nccn3C)C2)n1. The number of nitrogens with zero attached hydrogens (tertiary/aromatic N) is 5. The van der Waals surface area contributed by atoms with Crippen LogP contribution in [0.4, 0.5) is 0 Å². The lowest BCUT2D eigenvalue weighted by Gasteiger charge is -2.32. The third-order valence-corrected chi connectivity index (χ3v) is 4.01. The van der Waals surface area contributed by atoms with Crippen LogP contribution in [0, 0.1) is 6.92 Å². The molecule has 0 radical (unpaired) electrons. The van der Waals surface area contributed by atoms with Gasteiger partial charge >= 0.3 is 0 Å². The second-order valence-corrected chi connectivity index (χ2v) is 5.56. The maximum atomic E-state index is 4.59. The predicted molar refractivity (Wildman–Crippen MR) is 77.2 cm³/mol. The van der Waals surface area contributed by atoms with Gasteiger partial charge in [0.1, 0.15) is 11.6 Å². The van der Waals surface area contributed by atoms with Crippen LogP contribution in [-0.4, -0.2) is 37.5 Å². The first-order valence-corrected chi connectivity index (χ1v) is 7.20. The van der Waals surface area contributed by atoms with Crippen molar-refractivity contribution in [3.05, 3.63) is 42.0 Å². The molecule has 1 fully saturated rings. The molecule has 0 aromatic carbocycles. The van der Waals surface area contributed by atoms with Crippen LogP contribution in [0.2, 0.25) is 0 Å². The average molecular weight is 271 g/mol. The topological polar surface area (TPSA) is 46.8 Å². The van der Waals surface area contributed by atoms with E-state index in [1.54, 1.807) is 0 Å². The van der Waals surface area contributed by atoms with E-state index in [4.69, 9.17) is 0 Å². The van der Waals surface area contributed by atoms with Gasteiger partial charge in [-0.25, -0.2) is 15.0 Å². The van der Waals surface area contributed by atoms with Crippen LogP contribution in [0.5, 0.6) is 0 Å². The minimum absolute atomic E-state index is 0.519. The number of hydrogen-bond acceptors (Lipinski definition) is 4. The van der Waals surface area contributed by atoms with Crippen molar-refractivity contribution in [2.24, 2.45) is 7.05 Å². The summed E-state index contributed by atoms with van der Waals surface area (Å²) in [6, 6.07) is 2.06. The zero-order chi connectivity index (χ0) is 13.9. The molecule has 1 aliphatic heterocycles. The van der Waals surface area contributed by atoms with Crippen molar-refractivity contribution in [2.75, 3.05) is 13.1 Å². The van der Waals surface area contributed by atoms with E-state index in [-0.39, 0.29) is 0 Å². The Balaban J connectivity index is 1.69. The lowest BCUT2D eigenvalue weighted by molar-refractivity contribution is 0.192. The van der Waals surface area contributed by atoms with Crippen molar-refractivity contribution in [3.63, 3.8) is 0 Å². The average Bonchev–Trinajstić information content (AvgIpc) is 2.85. The number of hydrogen-bond donors (Lipinski definition) is 0. The monoisotopic (exact) mass is 271 g/mol. The van der Waals surface area contributed by atoms with Gasteiger partial charge in [0.15, 0.2) is 0 Å². The van der Waals surface area contributed by atoms with Crippen molar-refractivity contribution < 1.29 is 0 Å². The molecule has 0 aliphatic carbocycles. The minimum Gasteiger partial charge on any atom is -0.337 e. The molecule has 3 rings (SSSR count). The first-order valence-electron chi connectivity index (χ1n) is 7.20. The van der Waals surface area contributed by atoms with Gasteiger partial charge in [-0.05, 0) is 32.4 Å². The van der Waals surface area contributed by atoms with Gasteiger partial charge < -0.3 is 4.57 Å². The van der Waals surface area contributed by atoms with E-state index in [2.05, 4.69) is 37.5 Å². The van der Waals surface area contributed by atoms with Crippen molar-refractivity contribution >= 4 is 0 Å². The van der Waals surface area contributed by atoms with E-state index < -0.39 is 0 Å². The van der Waals surface area contributed by atoms with Crippen molar-refractivity contribution in [3.8, 4) is 0 Å². The van der Waals surface area contributed by atoms with Crippen molar-refractivity contribution in [2.45, 2.75) is 32.2 Å². The number of rotatable bonds is 3. The highest BCUT2D eigenvalue weighted by atomic mass is 15.2. The Labute approximate surface area is 119 Å². The summed E-state index contributed by atoms with van der Waals surface area (Å²) in [5.41, 5.74) is 1.18. The zero-order valence-electron chi connectivity index (χ0n) is 12.2. The maximum Gasteiger partial charge on any atom is 0.125 e. The Morgan fingerprint density at radius 1 is 1.30 bits per heavy atom. The first kappa shape index (κ1) is 13.2. The summed E-state index contributed by atoms with van der Waals surface area (Å²) in [5.74, 6) is 2.51. The van der Waals surface area contributed by atoms with E-state index in [0.29, 0.717) is 5.92 Å². The second kappa shape index (κ2) is 5.71. The normalized spacial score (nSPS) is 20.2. The first-order chi connectivity index (χ1) is 9.72. The molecule has 1 aliphatic rings. The summed E-state index contributed by atoms with van der Waals surface area (Å²) in [5, 5.41) is 0. The molecule has 2 aromatic rings. The summed E-state index contributed by atoms with van der Waals surface area (Å²) < 4.78 is 2.10. The molecule has 0 saturated carbocycles. The van der Waals surface area contributed by atoms with Gasteiger partial charge in [0, 0.05) is 43.8 Å². The molecule has 106 valence electrons. The largest absolute Gasteiger partial charge is 0.337 e. The molecule has 0 bridgehead atoms. The minimum atomic E-state index is 0.519. The van der Waals surface area contributed by atoms with Crippen molar-refractivity contribution in [1.82, 2.24) is 24.4 Å². The highest BCUT2D eigenvalue weighted by molar-refractivity contribution is 5.10. The molecule has 5 heteroatoms. The van der Waals surface area contributed by atoms with Crippen LogP contribution in [0.3, 0.4) is 0 Å². The summed E-state index contributed by atoms with van der Waals surface area (Å²) in [7, 11) is 2.05. The van der Waals surface area contributed by atoms with E-state index in [9.17, 15) is 0 Å². The van der Waals surface area contributed by atoms with Gasteiger partial charge in [0.2, 0.25) is 0 Å².